The molecular weight excluding hydrogens is 268 g/mol. The van der Waals surface area contributed by atoms with Crippen molar-refractivity contribution < 1.29 is 14.3 Å². The van der Waals surface area contributed by atoms with Gasteiger partial charge in [-0.1, -0.05) is 12.1 Å². The highest BCUT2D eigenvalue weighted by molar-refractivity contribution is 5.93. The number of ether oxygens (including phenoxy) is 1. The standard InChI is InChI=1S/C16H22N2O3/c1-11-8-14(19)17-16(2,3)15(20)18(11)10-12-6-5-7-13(9-12)21-4/h5-7,9,11H,8,10H2,1-4H3,(H,17,19). The van der Waals surface area contributed by atoms with E-state index >= 15 is 0 Å². The van der Waals surface area contributed by atoms with Crippen LogP contribution in [0.3, 0.4) is 0 Å². The largest absolute Gasteiger partial charge is 0.497 e. The van der Waals surface area contributed by atoms with E-state index in [-0.39, 0.29) is 17.9 Å². The van der Waals surface area contributed by atoms with Crippen molar-refractivity contribution in [3.05, 3.63) is 29.8 Å². The molecule has 0 spiro atoms. The van der Waals surface area contributed by atoms with E-state index in [1.807, 2.05) is 31.2 Å². The molecule has 0 bridgehead atoms. The van der Waals surface area contributed by atoms with Crippen molar-refractivity contribution in [3.63, 3.8) is 0 Å². The van der Waals surface area contributed by atoms with Crippen LogP contribution in [-0.2, 0) is 16.1 Å². The third-order valence-corrected chi connectivity index (χ3v) is 3.75. The summed E-state index contributed by atoms with van der Waals surface area (Å²) >= 11 is 0. The lowest BCUT2D eigenvalue weighted by Gasteiger charge is -2.32. The number of carbonyl (C=O) groups excluding carboxylic acids is 2. The third-order valence-electron chi connectivity index (χ3n) is 3.75. The molecule has 114 valence electrons. The van der Waals surface area contributed by atoms with Gasteiger partial charge in [-0.25, -0.2) is 0 Å². The van der Waals surface area contributed by atoms with E-state index in [1.54, 1.807) is 25.9 Å². The van der Waals surface area contributed by atoms with E-state index in [2.05, 4.69) is 5.32 Å². The molecule has 5 heteroatoms. The molecule has 1 aliphatic rings. The molecule has 0 radical (unpaired) electrons. The Labute approximate surface area is 125 Å². The lowest BCUT2D eigenvalue weighted by molar-refractivity contribution is -0.139. The quantitative estimate of drug-likeness (QED) is 0.922. The number of hydrogen-bond donors (Lipinski definition) is 1. The number of nitrogens with one attached hydrogen (secondary N) is 1. The molecule has 1 N–H and O–H groups in total. The highest BCUT2D eigenvalue weighted by Crippen LogP contribution is 2.22. The van der Waals surface area contributed by atoms with Crippen molar-refractivity contribution in [3.8, 4) is 5.75 Å². The number of methoxy groups -OCH3 is 1. The van der Waals surface area contributed by atoms with Gasteiger partial charge in [0.2, 0.25) is 11.8 Å². The lowest BCUT2D eigenvalue weighted by atomic mass is 10.0. The second kappa shape index (κ2) is 5.76. The maximum absolute atomic E-state index is 12.7. The Morgan fingerprint density at radius 3 is 2.76 bits per heavy atom. The fourth-order valence-electron chi connectivity index (χ4n) is 2.59. The maximum atomic E-state index is 12.7. The van der Waals surface area contributed by atoms with Crippen molar-refractivity contribution in [2.45, 2.75) is 45.3 Å². The van der Waals surface area contributed by atoms with Gasteiger partial charge in [0, 0.05) is 19.0 Å². The van der Waals surface area contributed by atoms with Crippen molar-refractivity contribution in [1.29, 1.82) is 0 Å². The molecule has 2 amide bonds. The van der Waals surface area contributed by atoms with Crippen LogP contribution in [0.2, 0.25) is 0 Å². The average molecular weight is 290 g/mol. The van der Waals surface area contributed by atoms with Crippen LogP contribution in [0.4, 0.5) is 0 Å². The Morgan fingerprint density at radius 2 is 2.10 bits per heavy atom. The molecule has 2 rings (SSSR count). The minimum Gasteiger partial charge on any atom is -0.497 e. The van der Waals surface area contributed by atoms with Gasteiger partial charge >= 0.3 is 0 Å². The SMILES string of the molecule is COc1cccc(CN2C(=O)C(C)(C)NC(=O)CC2C)c1. The van der Waals surface area contributed by atoms with Crippen molar-refractivity contribution in [1.82, 2.24) is 10.2 Å². The van der Waals surface area contributed by atoms with E-state index in [1.165, 1.54) is 0 Å². The zero-order chi connectivity index (χ0) is 15.6. The normalized spacial score (nSPS) is 21.7. The summed E-state index contributed by atoms with van der Waals surface area (Å²) in [5, 5.41) is 2.78. The second-order valence-corrected chi connectivity index (χ2v) is 6.01. The van der Waals surface area contributed by atoms with E-state index in [4.69, 9.17) is 4.74 Å². The number of rotatable bonds is 3. The van der Waals surface area contributed by atoms with Crippen LogP contribution in [0.25, 0.3) is 0 Å². The molecule has 1 aliphatic heterocycles. The zero-order valence-electron chi connectivity index (χ0n) is 13.0. The number of hydrogen-bond acceptors (Lipinski definition) is 3. The summed E-state index contributed by atoms with van der Waals surface area (Å²) in [7, 11) is 1.62. The van der Waals surface area contributed by atoms with Gasteiger partial charge in [-0.2, -0.15) is 0 Å². The molecule has 1 aromatic rings. The zero-order valence-corrected chi connectivity index (χ0v) is 13.0. The summed E-state index contributed by atoms with van der Waals surface area (Å²) in [6.45, 7) is 5.85. The molecule has 1 unspecified atom stereocenters. The Hall–Kier alpha value is -2.04. The third kappa shape index (κ3) is 3.35. The molecule has 1 fully saturated rings. The van der Waals surface area contributed by atoms with Crippen molar-refractivity contribution >= 4 is 11.8 Å². The molecule has 21 heavy (non-hydrogen) atoms. The first-order valence-corrected chi connectivity index (χ1v) is 7.08. The number of nitrogens with zero attached hydrogens (tertiary/aromatic N) is 1. The molecule has 1 aromatic carbocycles. The summed E-state index contributed by atoms with van der Waals surface area (Å²) in [6, 6.07) is 7.50. The minimum atomic E-state index is -0.874. The Bertz CT molecular complexity index is 554. The fraction of sp³-hybridized carbons (Fsp3) is 0.500. The topological polar surface area (TPSA) is 58.6 Å². The van der Waals surface area contributed by atoms with Gasteiger partial charge in [-0.15, -0.1) is 0 Å². The van der Waals surface area contributed by atoms with E-state index in [0.717, 1.165) is 11.3 Å². The maximum Gasteiger partial charge on any atom is 0.248 e. The molecular formula is C16H22N2O3. The first-order valence-electron chi connectivity index (χ1n) is 7.08. The van der Waals surface area contributed by atoms with Gasteiger partial charge in [-0.3, -0.25) is 9.59 Å². The lowest BCUT2D eigenvalue weighted by Crippen LogP contribution is -2.53. The van der Waals surface area contributed by atoms with Crippen LogP contribution < -0.4 is 10.1 Å². The summed E-state index contributed by atoms with van der Waals surface area (Å²) < 4.78 is 5.21. The van der Waals surface area contributed by atoms with Crippen LogP contribution in [-0.4, -0.2) is 35.4 Å². The predicted molar refractivity (Wildman–Crippen MR) is 79.8 cm³/mol. The summed E-state index contributed by atoms with van der Waals surface area (Å²) in [5.41, 5.74) is 0.112. The highest BCUT2D eigenvalue weighted by Gasteiger charge is 2.39. The fourth-order valence-corrected chi connectivity index (χ4v) is 2.59. The first kappa shape index (κ1) is 15.4. The summed E-state index contributed by atoms with van der Waals surface area (Å²) in [6.07, 6.45) is 0.319. The molecule has 1 heterocycles. The van der Waals surface area contributed by atoms with Crippen molar-refractivity contribution in [2.24, 2.45) is 0 Å². The first-order chi connectivity index (χ1) is 9.83. The van der Waals surface area contributed by atoms with Gasteiger partial charge in [0.15, 0.2) is 0 Å². The van der Waals surface area contributed by atoms with Crippen LogP contribution in [0.15, 0.2) is 24.3 Å². The minimum absolute atomic E-state index is 0.0660. The molecule has 0 saturated carbocycles. The predicted octanol–water partition coefficient (Wildman–Crippen LogP) is 1.71. The van der Waals surface area contributed by atoms with Crippen LogP contribution in [0, 0.1) is 0 Å². The Balaban J connectivity index is 2.26. The summed E-state index contributed by atoms with van der Waals surface area (Å²) in [5.74, 6) is 0.605. The van der Waals surface area contributed by atoms with Crippen LogP contribution >= 0.6 is 0 Å². The van der Waals surface area contributed by atoms with Gasteiger partial charge in [-0.05, 0) is 38.5 Å². The van der Waals surface area contributed by atoms with Gasteiger partial charge in [0.1, 0.15) is 11.3 Å². The Morgan fingerprint density at radius 1 is 1.38 bits per heavy atom. The monoisotopic (exact) mass is 290 g/mol. The molecule has 1 atom stereocenters. The van der Waals surface area contributed by atoms with Crippen molar-refractivity contribution in [2.75, 3.05) is 7.11 Å². The molecule has 5 nitrogen and oxygen atoms in total. The Kier molecular flexibility index (Phi) is 4.21. The summed E-state index contributed by atoms with van der Waals surface area (Å²) in [4.78, 5) is 26.3. The number of amides is 2. The smallest absolute Gasteiger partial charge is 0.248 e. The van der Waals surface area contributed by atoms with Crippen LogP contribution in [0.1, 0.15) is 32.8 Å². The van der Waals surface area contributed by atoms with Crippen LogP contribution in [0.5, 0.6) is 5.75 Å². The molecule has 0 aromatic heterocycles. The number of benzene rings is 1. The van der Waals surface area contributed by atoms with Gasteiger partial charge in [0.25, 0.3) is 0 Å². The molecule has 0 aliphatic carbocycles. The second-order valence-electron chi connectivity index (χ2n) is 6.01. The average Bonchev–Trinajstić information content (AvgIpc) is 2.49. The van der Waals surface area contributed by atoms with Gasteiger partial charge in [0.05, 0.1) is 7.11 Å². The van der Waals surface area contributed by atoms with E-state index in [9.17, 15) is 9.59 Å². The highest BCUT2D eigenvalue weighted by atomic mass is 16.5. The number of carbonyl (C=O) groups is 2. The van der Waals surface area contributed by atoms with Gasteiger partial charge < -0.3 is 15.0 Å². The van der Waals surface area contributed by atoms with E-state index in [0.29, 0.717) is 13.0 Å². The van der Waals surface area contributed by atoms with E-state index < -0.39 is 5.54 Å². The molecule has 1 saturated heterocycles.